The largest absolute Gasteiger partial charge is 0.506 e. The Morgan fingerprint density at radius 1 is 1.42 bits per heavy atom. The van der Waals surface area contributed by atoms with E-state index in [1.54, 1.807) is 18.2 Å². The van der Waals surface area contributed by atoms with E-state index in [0.29, 0.717) is 12.2 Å². The third-order valence-corrected chi connectivity index (χ3v) is 1.50. The maximum absolute atomic E-state index is 9.10. The minimum atomic E-state index is 0.111. The van der Waals surface area contributed by atoms with E-state index in [4.69, 9.17) is 16.6 Å². The maximum Gasteiger partial charge on any atom is 0.138 e. The number of benzene rings is 1. The summed E-state index contributed by atoms with van der Waals surface area (Å²) in [5.74, 6) is 0.111. The topological polar surface area (TPSA) is 72.3 Å². The summed E-state index contributed by atoms with van der Waals surface area (Å²) in [7, 11) is 0. The first-order chi connectivity index (χ1) is 5.74. The van der Waals surface area contributed by atoms with E-state index in [1.807, 2.05) is 12.2 Å². The van der Waals surface area contributed by atoms with E-state index in [9.17, 15) is 0 Å². The van der Waals surface area contributed by atoms with Gasteiger partial charge in [-0.1, -0.05) is 18.2 Å². The van der Waals surface area contributed by atoms with E-state index in [0.717, 1.165) is 5.56 Å². The molecule has 0 aliphatic heterocycles. The molecule has 0 radical (unpaired) electrons. The fraction of sp³-hybridized carbons (Fsp3) is 0.111. The molecule has 1 aromatic carbocycles. The highest BCUT2D eigenvalue weighted by atomic mass is 16.3. The van der Waals surface area contributed by atoms with Gasteiger partial charge in [0.05, 0.1) is 5.69 Å². The van der Waals surface area contributed by atoms with Gasteiger partial charge >= 0.3 is 0 Å². The molecule has 64 valence electrons. The van der Waals surface area contributed by atoms with Crippen LogP contribution in [0.3, 0.4) is 0 Å². The zero-order valence-electron chi connectivity index (χ0n) is 6.70. The molecule has 3 heteroatoms. The van der Waals surface area contributed by atoms with E-state index >= 15 is 0 Å². The maximum atomic E-state index is 9.10. The molecule has 0 aliphatic carbocycles. The molecule has 0 amide bonds. The predicted molar refractivity (Wildman–Crippen MR) is 50.6 cm³/mol. The molecule has 0 atom stereocenters. The first-order valence-electron chi connectivity index (χ1n) is 3.69. The molecule has 5 N–H and O–H groups in total. The lowest BCUT2D eigenvalue weighted by atomic mass is 10.2. The lowest BCUT2D eigenvalue weighted by Gasteiger charge is -1.98. The number of rotatable bonds is 2. The van der Waals surface area contributed by atoms with Crippen LogP contribution in [0.5, 0.6) is 5.75 Å². The zero-order chi connectivity index (χ0) is 8.97. The highest BCUT2D eigenvalue weighted by molar-refractivity contribution is 5.61. The number of phenolic OH excluding ortho intramolecular Hbond substituents is 1. The number of anilines is 1. The van der Waals surface area contributed by atoms with Crippen LogP contribution in [0.25, 0.3) is 6.08 Å². The Balaban J connectivity index is 2.89. The van der Waals surface area contributed by atoms with Crippen molar-refractivity contribution in [2.75, 3.05) is 12.3 Å². The average molecular weight is 164 g/mol. The van der Waals surface area contributed by atoms with Crippen molar-refractivity contribution in [3.63, 3.8) is 0 Å². The molecule has 1 rings (SSSR count). The quantitative estimate of drug-likeness (QED) is 0.450. The molecule has 0 aliphatic rings. The van der Waals surface area contributed by atoms with Gasteiger partial charge in [-0.05, 0) is 17.7 Å². The summed E-state index contributed by atoms with van der Waals surface area (Å²) in [5.41, 5.74) is 12.1. The summed E-state index contributed by atoms with van der Waals surface area (Å²) in [6.45, 7) is 0.501. The monoisotopic (exact) mass is 164 g/mol. The second kappa shape index (κ2) is 3.78. The number of hydrogen-bond donors (Lipinski definition) is 3. The Hall–Kier alpha value is -1.48. The first kappa shape index (κ1) is 8.62. The molecular weight excluding hydrogens is 152 g/mol. The lowest BCUT2D eigenvalue weighted by Crippen LogP contribution is -1.92. The molecule has 12 heavy (non-hydrogen) atoms. The van der Waals surface area contributed by atoms with Gasteiger partial charge < -0.3 is 16.6 Å². The Morgan fingerprint density at radius 3 is 2.75 bits per heavy atom. The van der Waals surface area contributed by atoms with Crippen LogP contribution in [-0.2, 0) is 0 Å². The Bertz CT molecular complexity index is 295. The Labute approximate surface area is 71.3 Å². The van der Waals surface area contributed by atoms with Gasteiger partial charge in [0.15, 0.2) is 0 Å². The van der Waals surface area contributed by atoms with Crippen molar-refractivity contribution >= 4 is 11.8 Å². The summed E-state index contributed by atoms with van der Waals surface area (Å²) in [4.78, 5) is 0. The van der Waals surface area contributed by atoms with Gasteiger partial charge in [-0.25, -0.2) is 0 Å². The van der Waals surface area contributed by atoms with Gasteiger partial charge in [0, 0.05) is 6.54 Å². The highest BCUT2D eigenvalue weighted by Crippen LogP contribution is 2.20. The number of phenols is 1. The molecule has 0 spiro atoms. The van der Waals surface area contributed by atoms with Crippen LogP contribution < -0.4 is 11.5 Å². The van der Waals surface area contributed by atoms with Crippen LogP contribution in [0.2, 0.25) is 0 Å². The Morgan fingerprint density at radius 2 is 2.17 bits per heavy atom. The van der Waals surface area contributed by atoms with Crippen molar-refractivity contribution in [2.24, 2.45) is 5.73 Å². The number of nitrogen functional groups attached to an aromatic ring is 1. The summed E-state index contributed by atoms with van der Waals surface area (Å²) in [6.07, 6.45) is 3.68. The van der Waals surface area contributed by atoms with Crippen LogP contribution in [0.1, 0.15) is 5.56 Å². The van der Waals surface area contributed by atoms with Gasteiger partial charge in [0.2, 0.25) is 0 Å². The minimum Gasteiger partial charge on any atom is -0.506 e. The van der Waals surface area contributed by atoms with E-state index in [-0.39, 0.29) is 5.75 Å². The van der Waals surface area contributed by atoms with Crippen LogP contribution in [0.15, 0.2) is 24.3 Å². The van der Waals surface area contributed by atoms with E-state index in [1.165, 1.54) is 0 Å². The number of aromatic hydroxyl groups is 1. The first-order valence-corrected chi connectivity index (χ1v) is 3.69. The molecule has 0 aromatic heterocycles. The second-order valence-electron chi connectivity index (χ2n) is 2.46. The third-order valence-electron chi connectivity index (χ3n) is 1.50. The van der Waals surface area contributed by atoms with Crippen LogP contribution in [-0.4, -0.2) is 11.7 Å². The Kier molecular flexibility index (Phi) is 2.71. The van der Waals surface area contributed by atoms with Crippen molar-refractivity contribution in [3.05, 3.63) is 29.8 Å². The fourth-order valence-corrected chi connectivity index (χ4v) is 0.881. The van der Waals surface area contributed by atoms with Crippen molar-refractivity contribution in [1.82, 2.24) is 0 Å². The standard InChI is InChI=1S/C9H12N2O/c10-5-1-2-7-3-4-9(12)8(11)6-7/h1-4,6,12H,5,10-11H2. The van der Waals surface area contributed by atoms with Crippen LogP contribution in [0, 0.1) is 0 Å². The summed E-state index contributed by atoms with van der Waals surface area (Å²) in [5, 5.41) is 9.10. The number of hydrogen-bond acceptors (Lipinski definition) is 3. The van der Waals surface area contributed by atoms with E-state index in [2.05, 4.69) is 0 Å². The molecule has 0 fully saturated rings. The van der Waals surface area contributed by atoms with E-state index < -0.39 is 0 Å². The van der Waals surface area contributed by atoms with Crippen molar-refractivity contribution in [2.45, 2.75) is 0 Å². The van der Waals surface area contributed by atoms with Gasteiger partial charge in [-0.15, -0.1) is 0 Å². The van der Waals surface area contributed by atoms with Crippen molar-refractivity contribution in [1.29, 1.82) is 0 Å². The average Bonchev–Trinajstić information content (AvgIpc) is 2.07. The predicted octanol–water partition coefficient (Wildman–Crippen LogP) is 0.946. The molecule has 0 saturated carbocycles. The van der Waals surface area contributed by atoms with Crippen LogP contribution >= 0.6 is 0 Å². The molecule has 0 unspecified atom stereocenters. The van der Waals surface area contributed by atoms with Crippen molar-refractivity contribution in [3.8, 4) is 5.75 Å². The third kappa shape index (κ3) is 2.00. The number of nitrogens with two attached hydrogens (primary N) is 2. The van der Waals surface area contributed by atoms with Crippen LogP contribution in [0.4, 0.5) is 5.69 Å². The molecule has 0 saturated heterocycles. The fourth-order valence-electron chi connectivity index (χ4n) is 0.881. The minimum absolute atomic E-state index is 0.111. The SMILES string of the molecule is NCC=Cc1ccc(O)c(N)c1. The highest BCUT2D eigenvalue weighted by Gasteiger charge is 1.94. The van der Waals surface area contributed by atoms with Gasteiger partial charge in [0.1, 0.15) is 5.75 Å². The summed E-state index contributed by atoms with van der Waals surface area (Å²) < 4.78 is 0. The zero-order valence-corrected chi connectivity index (χ0v) is 6.70. The molecule has 3 nitrogen and oxygen atoms in total. The normalized spacial score (nSPS) is 10.8. The molecule has 0 heterocycles. The smallest absolute Gasteiger partial charge is 0.138 e. The lowest BCUT2D eigenvalue weighted by molar-refractivity contribution is 0.478. The molecule has 0 bridgehead atoms. The molecule has 1 aromatic rings. The van der Waals surface area contributed by atoms with Gasteiger partial charge in [-0.3, -0.25) is 0 Å². The summed E-state index contributed by atoms with van der Waals surface area (Å²) >= 11 is 0. The van der Waals surface area contributed by atoms with Crippen molar-refractivity contribution < 1.29 is 5.11 Å². The molecular formula is C9H12N2O. The van der Waals surface area contributed by atoms with Gasteiger partial charge in [-0.2, -0.15) is 0 Å². The van der Waals surface area contributed by atoms with Gasteiger partial charge in [0.25, 0.3) is 0 Å². The second-order valence-corrected chi connectivity index (χ2v) is 2.46. The summed E-state index contributed by atoms with van der Waals surface area (Å²) in [6, 6.07) is 5.03.